The molecule has 0 bridgehead atoms. The summed E-state index contributed by atoms with van der Waals surface area (Å²) < 4.78 is 8.21. The van der Waals surface area contributed by atoms with E-state index in [0.29, 0.717) is 22.3 Å². The van der Waals surface area contributed by atoms with Crippen molar-refractivity contribution in [1.29, 1.82) is 0 Å². The first-order valence-electron chi connectivity index (χ1n) is 11.3. The highest BCUT2D eigenvalue weighted by molar-refractivity contribution is 5.85. The molecule has 3 heterocycles. The van der Waals surface area contributed by atoms with Crippen molar-refractivity contribution in [2.45, 2.75) is 26.8 Å². The third kappa shape index (κ3) is 3.88. The fraction of sp³-hybridized carbons (Fsp3) is 0.179. The molecule has 0 spiro atoms. The summed E-state index contributed by atoms with van der Waals surface area (Å²) in [5.74, 6) is 0.604. The molecular formula is C28H26N4O2. The van der Waals surface area contributed by atoms with Crippen LogP contribution < -0.4 is 10.7 Å². The van der Waals surface area contributed by atoms with Crippen LogP contribution in [0.15, 0.2) is 82.4 Å². The lowest BCUT2D eigenvalue weighted by atomic mass is 9.98. The summed E-state index contributed by atoms with van der Waals surface area (Å²) in [6, 6.07) is 17.5. The number of hydrogen-bond acceptors (Lipinski definition) is 5. The van der Waals surface area contributed by atoms with E-state index in [1.165, 1.54) is 0 Å². The Labute approximate surface area is 197 Å². The lowest BCUT2D eigenvalue weighted by Crippen LogP contribution is -2.13. The Bertz CT molecular complexity index is 1550. The van der Waals surface area contributed by atoms with E-state index < -0.39 is 0 Å². The average Bonchev–Trinajstić information content (AvgIpc) is 3.28. The summed E-state index contributed by atoms with van der Waals surface area (Å²) in [7, 11) is 1.88. The van der Waals surface area contributed by atoms with Gasteiger partial charge in [0.25, 0.3) is 0 Å². The highest BCUT2D eigenvalue weighted by Crippen LogP contribution is 2.33. The number of nitrogens with zero attached hydrogens (tertiary/aromatic N) is 3. The summed E-state index contributed by atoms with van der Waals surface area (Å²) in [6.07, 6.45) is 5.51. The Morgan fingerprint density at radius 2 is 1.82 bits per heavy atom. The number of fused-ring (bicyclic) bond motifs is 1. The quantitative estimate of drug-likeness (QED) is 0.353. The summed E-state index contributed by atoms with van der Waals surface area (Å²) in [4.78, 5) is 17.9. The minimum Gasteiger partial charge on any atom is -0.455 e. The topological polar surface area (TPSA) is 73.0 Å². The van der Waals surface area contributed by atoms with Gasteiger partial charge in [-0.15, -0.1) is 0 Å². The molecule has 5 aromatic rings. The molecule has 0 aliphatic carbocycles. The van der Waals surface area contributed by atoms with Crippen LogP contribution in [-0.4, -0.2) is 14.8 Å². The monoisotopic (exact) mass is 450 g/mol. The van der Waals surface area contributed by atoms with Crippen LogP contribution in [-0.2, 0) is 7.05 Å². The molecule has 0 fully saturated rings. The van der Waals surface area contributed by atoms with Crippen molar-refractivity contribution < 1.29 is 4.42 Å². The Kier molecular flexibility index (Phi) is 5.49. The van der Waals surface area contributed by atoms with Gasteiger partial charge in [0.15, 0.2) is 5.43 Å². The molecule has 1 N–H and O–H groups in total. The molecule has 6 heteroatoms. The third-order valence-electron chi connectivity index (χ3n) is 6.05. The van der Waals surface area contributed by atoms with Crippen LogP contribution in [0.4, 0.5) is 5.69 Å². The summed E-state index contributed by atoms with van der Waals surface area (Å²) in [5.41, 5.74) is 6.66. The van der Waals surface area contributed by atoms with Crippen molar-refractivity contribution >= 4 is 16.7 Å². The smallest absolute Gasteiger partial charge is 0.196 e. The van der Waals surface area contributed by atoms with Crippen LogP contribution >= 0.6 is 0 Å². The zero-order chi connectivity index (χ0) is 23.8. The highest BCUT2D eigenvalue weighted by atomic mass is 16.3. The molecule has 170 valence electrons. The van der Waals surface area contributed by atoms with Gasteiger partial charge in [-0.3, -0.25) is 14.5 Å². The first-order valence-corrected chi connectivity index (χ1v) is 11.3. The molecule has 0 saturated heterocycles. The number of hydrogen-bond donors (Lipinski definition) is 1. The van der Waals surface area contributed by atoms with Gasteiger partial charge in [-0.2, -0.15) is 5.10 Å². The van der Waals surface area contributed by atoms with Gasteiger partial charge in [0.2, 0.25) is 0 Å². The molecule has 1 atom stereocenters. The van der Waals surface area contributed by atoms with Crippen LogP contribution in [0.1, 0.15) is 29.7 Å². The summed E-state index contributed by atoms with van der Waals surface area (Å²) in [6.45, 7) is 5.89. The van der Waals surface area contributed by atoms with Crippen molar-refractivity contribution in [2.24, 2.45) is 7.05 Å². The zero-order valence-electron chi connectivity index (χ0n) is 19.7. The van der Waals surface area contributed by atoms with E-state index in [-0.39, 0.29) is 11.5 Å². The van der Waals surface area contributed by atoms with E-state index in [2.05, 4.69) is 28.4 Å². The lowest BCUT2D eigenvalue weighted by Gasteiger charge is -2.20. The standard InChI is InChI=1S/C28H26N4O2/c1-17-13-22(19(3)31-24-11-8-12-29-25(24)21-15-30-32(4)16-21)28-23(14-17)26(33)18(2)27(34-28)20-9-6-5-7-10-20/h5-16,19,31H,1-4H3/t19-/m1/s1. The van der Waals surface area contributed by atoms with Crippen LogP contribution in [0.5, 0.6) is 0 Å². The number of pyridine rings is 1. The molecule has 3 aromatic heterocycles. The van der Waals surface area contributed by atoms with Crippen LogP contribution in [0, 0.1) is 13.8 Å². The van der Waals surface area contributed by atoms with Crippen molar-refractivity contribution in [3.05, 3.63) is 100 Å². The first kappa shape index (κ1) is 21.6. The first-order chi connectivity index (χ1) is 16.4. The van der Waals surface area contributed by atoms with Gasteiger partial charge in [-0.1, -0.05) is 36.4 Å². The number of benzene rings is 2. The normalized spacial score (nSPS) is 12.1. The molecule has 0 aliphatic heterocycles. The number of rotatable bonds is 5. The fourth-order valence-corrected chi connectivity index (χ4v) is 4.36. The Balaban J connectivity index is 1.63. The molecule has 0 aliphatic rings. The molecule has 0 radical (unpaired) electrons. The molecule has 0 unspecified atom stereocenters. The van der Waals surface area contributed by atoms with E-state index in [0.717, 1.165) is 33.6 Å². The fourth-order valence-electron chi connectivity index (χ4n) is 4.36. The second-order valence-corrected chi connectivity index (χ2v) is 8.65. The van der Waals surface area contributed by atoms with Gasteiger partial charge >= 0.3 is 0 Å². The minimum absolute atomic E-state index is 0.00493. The molecule has 2 aromatic carbocycles. The van der Waals surface area contributed by atoms with E-state index in [1.54, 1.807) is 17.1 Å². The van der Waals surface area contributed by atoms with Crippen molar-refractivity contribution in [3.8, 4) is 22.6 Å². The lowest BCUT2D eigenvalue weighted by molar-refractivity contribution is 0.605. The van der Waals surface area contributed by atoms with Gasteiger partial charge in [0.05, 0.1) is 29.0 Å². The predicted molar refractivity (Wildman–Crippen MR) is 136 cm³/mol. The number of aryl methyl sites for hydroxylation is 2. The second-order valence-electron chi connectivity index (χ2n) is 8.65. The SMILES string of the molecule is Cc1cc([C@@H](C)Nc2cccnc2-c2cnn(C)c2)c2oc(-c3ccccc3)c(C)c(=O)c2c1. The average molecular weight is 451 g/mol. The molecule has 0 saturated carbocycles. The largest absolute Gasteiger partial charge is 0.455 e. The Hall–Kier alpha value is -4.19. The third-order valence-corrected chi connectivity index (χ3v) is 6.05. The predicted octanol–water partition coefficient (Wildman–Crippen LogP) is 6.05. The number of nitrogens with one attached hydrogen (secondary N) is 1. The number of aromatic nitrogens is 3. The van der Waals surface area contributed by atoms with Crippen LogP contribution in [0.3, 0.4) is 0 Å². The van der Waals surface area contributed by atoms with Gasteiger partial charge < -0.3 is 9.73 Å². The van der Waals surface area contributed by atoms with E-state index in [1.807, 2.05) is 75.6 Å². The molecule has 6 nitrogen and oxygen atoms in total. The van der Waals surface area contributed by atoms with Gasteiger partial charge in [0.1, 0.15) is 11.3 Å². The zero-order valence-corrected chi connectivity index (χ0v) is 19.7. The summed E-state index contributed by atoms with van der Waals surface area (Å²) >= 11 is 0. The van der Waals surface area contributed by atoms with E-state index in [9.17, 15) is 4.79 Å². The molecule has 5 rings (SSSR count). The second kappa shape index (κ2) is 8.63. The van der Waals surface area contributed by atoms with Gasteiger partial charge in [-0.25, -0.2) is 0 Å². The Morgan fingerprint density at radius 3 is 2.56 bits per heavy atom. The van der Waals surface area contributed by atoms with Crippen LogP contribution in [0.2, 0.25) is 0 Å². The van der Waals surface area contributed by atoms with Gasteiger partial charge in [0, 0.05) is 41.7 Å². The van der Waals surface area contributed by atoms with E-state index in [4.69, 9.17) is 4.42 Å². The highest BCUT2D eigenvalue weighted by Gasteiger charge is 2.20. The van der Waals surface area contributed by atoms with Crippen molar-refractivity contribution in [1.82, 2.24) is 14.8 Å². The van der Waals surface area contributed by atoms with E-state index >= 15 is 0 Å². The summed E-state index contributed by atoms with van der Waals surface area (Å²) in [5, 5.41) is 8.46. The maximum Gasteiger partial charge on any atom is 0.196 e. The maximum absolute atomic E-state index is 13.3. The minimum atomic E-state index is -0.142. The molecular weight excluding hydrogens is 424 g/mol. The Morgan fingerprint density at radius 1 is 1.03 bits per heavy atom. The van der Waals surface area contributed by atoms with Crippen LogP contribution in [0.25, 0.3) is 33.6 Å². The molecule has 0 amide bonds. The van der Waals surface area contributed by atoms with Crippen molar-refractivity contribution in [3.63, 3.8) is 0 Å². The van der Waals surface area contributed by atoms with Gasteiger partial charge in [-0.05, 0) is 44.5 Å². The van der Waals surface area contributed by atoms with Crippen molar-refractivity contribution in [2.75, 3.05) is 5.32 Å². The molecule has 34 heavy (non-hydrogen) atoms. The number of anilines is 1. The maximum atomic E-state index is 13.3.